The van der Waals surface area contributed by atoms with Gasteiger partial charge >= 0.3 is 5.97 Å². The Hall–Kier alpha value is -2.70. The summed E-state index contributed by atoms with van der Waals surface area (Å²) in [5.74, 6) is -0.385. The lowest BCUT2D eigenvalue weighted by atomic mass is 9.99. The zero-order chi connectivity index (χ0) is 17.3. The molecule has 0 bridgehead atoms. The van der Waals surface area contributed by atoms with Gasteiger partial charge in [0.2, 0.25) is 0 Å². The third-order valence-corrected chi connectivity index (χ3v) is 3.84. The number of carbonyl (C=O) groups is 1. The van der Waals surface area contributed by atoms with Crippen LogP contribution in [0.3, 0.4) is 0 Å². The van der Waals surface area contributed by atoms with Crippen molar-refractivity contribution >= 4 is 11.8 Å². The van der Waals surface area contributed by atoms with Crippen LogP contribution in [0.25, 0.3) is 11.3 Å². The van der Waals surface area contributed by atoms with Gasteiger partial charge in [0, 0.05) is 22.9 Å². The number of halogens is 1. The average molecular weight is 330 g/mol. The number of benzene rings is 1. The summed E-state index contributed by atoms with van der Waals surface area (Å²) in [7, 11) is 0. The largest absolute Gasteiger partial charge is 0.462 e. The van der Waals surface area contributed by atoms with E-state index >= 15 is 0 Å². The number of carbonyl (C=O) groups excluding carboxylic acids is 1. The Morgan fingerprint density at radius 3 is 2.92 bits per heavy atom. The van der Waals surface area contributed by atoms with Gasteiger partial charge in [0.05, 0.1) is 13.2 Å². The number of hydrogen-bond donors (Lipinski definition) is 2. The Morgan fingerprint density at radius 1 is 1.46 bits per heavy atom. The number of nitrogens with zero attached hydrogens (tertiary/aromatic N) is 2. The van der Waals surface area contributed by atoms with Gasteiger partial charge in [-0.15, -0.1) is 0 Å². The summed E-state index contributed by atoms with van der Waals surface area (Å²) in [6, 6.07) is 4.91. The van der Waals surface area contributed by atoms with Crippen molar-refractivity contribution in [2.75, 3.05) is 13.2 Å². The van der Waals surface area contributed by atoms with Crippen molar-refractivity contribution < 1.29 is 13.9 Å². The molecule has 24 heavy (non-hydrogen) atoms. The highest BCUT2D eigenvalue weighted by molar-refractivity contribution is 6.07. The number of H-pyrrole nitrogens is 1. The number of aromatic amines is 1. The molecule has 2 N–H and O–H groups in total. The van der Waals surface area contributed by atoms with Crippen molar-refractivity contribution in [3.63, 3.8) is 0 Å². The third-order valence-electron chi connectivity index (χ3n) is 3.84. The van der Waals surface area contributed by atoms with Crippen LogP contribution in [0.1, 0.15) is 35.5 Å². The van der Waals surface area contributed by atoms with Gasteiger partial charge < -0.3 is 10.1 Å². The smallest absolute Gasteiger partial charge is 0.342 e. The molecule has 0 aliphatic carbocycles. The molecule has 6 nitrogen and oxygen atoms in total. The first-order chi connectivity index (χ1) is 11.5. The summed E-state index contributed by atoms with van der Waals surface area (Å²) >= 11 is 0. The van der Waals surface area contributed by atoms with Gasteiger partial charge in [0.1, 0.15) is 22.9 Å². The molecule has 0 fully saturated rings. The molecule has 2 heterocycles. The van der Waals surface area contributed by atoms with Crippen molar-refractivity contribution in [2.45, 2.75) is 26.8 Å². The number of aliphatic imine (C=N–C) groups is 1. The minimum Gasteiger partial charge on any atom is -0.462 e. The van der Waals surface area contributed by atoms with E-state index in [9.17, 15) is 9.18 Å². The zero-order valence-electron chi connectivity index (χ0n) is 13.8. The SMILES string of the molecule is CCOC(=O)c1c(-c2c(F)cccc2C2=NCC(C)N2)n[nH]c1C. The molecular weight excluding hydrogens is 311 g/mol. The van der Waals surface area contributed by atoms with Crippen LogP contribution in [0.15, 0.2) is 23.2 Å². The van der Waals surface area contributed by atoms with E-state index in [1.54, 1.807) is 26.0 Å². The number of ether oxygens (including phenoxy) is 1. The normalized spacial score (nSPS) is 16.7. The summed E-state index contributed by atoms with van der Waals surface area (Å²) in [4.78, 5) is 16.7. The predicted molar refractivity (Wildman–Crippen MR) is 88.7 cm³/mol. The molecule has 0 amide bonds. The van der Waals surface area contributed by atoms with Crippen LogP contribution in [0, 0.1) is 12.7 Å². The lowest BCUT2D eigenvalue weighted by Gasteiger charge is -2.12. The topological polar surface area (TPSA) is 79.4 Å². The highest BCUT2D eigenvalue weighted by atomic mass is 19.1. The third kappa shape index (κ3) is 2.77. The second kappa shape index (κ2) is 6.43. The minimum atomic E-state index is -0.525. The van der Waals surface area contributed by atoms with E-state index < -0.39 is 11.8 Å². The number of aryl methyl sites for hydroxylation is 1. The molecule has 1 aliphatic heterocycles. The number of aromatic nitrogens is 2. The van der Waals surface area contributed by atoms with Gasteiger partial charge in [-0.05, 0) is 26.8 Å². The van der Waals surface area contributed by atoms with Gasteiger partial charge in [0.15, 0.2) is 0 Å². The van der Waals surface area contributed by atoms with Gasteiger partial charge in [-0.2, -0.15) is 5.10 Å². The Balaban J connectivity index is 2.16. The van der Waals surface area contributed by atoms with Crippen LogP contribution in [0.5, 0.6) is 0 Å². The molecule has 0 saturated heterocycles. The standard InChI is InChI=1S/C17H19FN4O2/c1-4-24-17(23)13-10(3)21-22-15(13)14-11(6-5-7-12(14)18)16-19-8-9(2)20-16/h5-7,9H,4,8H2,1-3H3,(H,19,20)(H,21,22). The molecule has 1 unspecified atom stereocenters. The lowest BCUT2D eigenvalue weighted by molar-refractivity contribution is 0.0526. The summed E-state index contributed by atoms with van der Waals surface area (Å²) < 4.78 is 19.7. The van der Waals surface area contributed by atoms with E-state index in [1.807, 2.05) is 6.92 Å². The Morgan fingerprint density at radius 2 is 2.25 bits per heavy atom. The summed E-state index contributed by atoms with van der Waals surface area (Å²) in [5, 5.41) is 10.1. The van der Waals surface area contributed by atoms with Crippen molar-refractivity contribution in [2.24, 2.45) is 4.99 Å². The molecule has 1 atom stereocenters. The average Bonchev–Trinajstić information content (AvgIpc) is 3.13. The number of rotatable bonds is 4. The molecule has 2 aromatic rings. The fraction of sp³-hybridized carbons (Fsp3) is 0.353. The summed E-state index contributed by atoms with van der Waals surface area (Å²) in [5.41, 5.74) is 1.84. The highest BCUT2D eigenvalue weighted by Crippen LogP contribution is 2.31. The Kier molecular flexibility index (Phi) is 4.33. The van der Waals surface area contributed by atoms with Crippen LogP contribution in [-0.4, -0.2) is 41.2 Å². The molecule has 0 saturated carbocycles. The molecule has 1 aromatic carbocycles. The first kappa shape index (κ1) is 16.2. The van der Waals surface area contributed by atoms with Gasteiger partial charge in [-0.25, -0.2) is 9.18 Å². The first-order valence-corrected chi connectivity index (χ1v) is 7.85. The molecule has 1 aliphatic rings. The predicted octanol–water partition coefficient (Wildman–Crippen LogP) is 2.44. The van der Waals surface area contributed by atoms with E-state index in [-0.39, 0.29) is 29.5 Å². The van der Waals surface area contributed by atoms with Crippen LogP contribution in [0.2, 0.25) is 0 Å². The fourth-order valence-corrected chi connectivity index (χ4v) is 2.74. The Labute approximate surface area is 139 Å². The molecule has 7 heteroatoms. The van der Waals surface area contributed by atoms with Crippen LogP contribution < -0.4 is 5.32 Å². The van der Waals surface area contributed by atoms with E-state index in [0.717, 1.165) is 0 Å². The summed E-state index contributed by atoms with van der Waals surface area (Å²) in [6.45, 7) is 6.28. The number of nitrogens with one attached hydrogen (secondary N) is 2. The van der Waals surface area contributed by atoms with E-state index in [1.165, 1.54) is 6.07 Å². The number of amidine groups is 1. The van der Waals surface area contributed by atoms with Gasteiger partial charge in [-0.3, -0.25) is 10.1 Å². The van der Waals surface area contributed by atoms with Crippen molar-refractivity contribution in [3.8, 4) is 11.3 Å². The van der Waals surface area contributed by atoms with Crippen molar-refractivity contribution in [1.29, 1.82) is 0 Å². The fourth-order valence-electron chi connectivity index (χ4n) is 2.74. The van der Waals surface area contributed by atoms with E-state index in [4.69, 9.17) is 4.74 Å². The van der Waals surface area contributed by atoms with Crippen molar-refractivity contribution in [1.82, 2.24) is 15.5 Å². The number of hydrogen-bond acceptors (Lipinski definition) is 5. The molecule has 0 radical (unpaired) electrons. The minimum absolute atomic E-state index is 0.182. The second-order valence-corrected chi connectivity index (χ2v) is 5.69. The highest BCUT2D eigenvalue weighted by Gasteiger charge is 2.27. The molecular formula is C17H19FN4O2. The van der Waals surface area contributed by atoms with Crippen LogP contribution >= 0.6 is 0 Å². The zero-order valence-corrected chi connectivity index (χ0v) is 13.8. The van der Waals surface area contributed by atoms with E-state index in [2.05, 4.69) is 20.5 Å². The maximum atomic E-state index is 14.6. The van der Waals surface area contributed by atoms with Crippen molar-refractivity contribution in [3.05, 3.63) is 40.8 Å². The van der Waals surface area contributed by atoms with Crippen LogP contribution in [0.4, 0.5) is 4.39 Å². The quantitative estimate of drug-likeness (QED) is 0.844. The molecule has 1 aromatic heterocycles. The van der Waals surface area contributed by atoms with Crippen LogP contribution in [-0.2, 0) is 4.74 Å². The molecule has 0 spiro atoms. The first-order valence-electron chi connectivity index (χ1n) is 7.85. The second-order valence-electron chi connectivity index (χ2n) is 5.69. The van der Waals surface area contributed by atoms with E-state index in [0.29, 0.717) is 23.6 Å². The summed E-state index contributed by atoms with van der Waals surface area (Å²) in [6.07, 6.45) is 0. The monoisotopic (exact) mass is 330 g/mol. The lowest BCUT2D eigenvalue weighted by Crippen LogP contribution is -2.28. The maximum Gasteiger partial charge on any atom is 0.342 e. The number of esters is 1. The van der Waals surface area contributed by atoms with Gasteiger partial charge in [0.25, 0.3) is 0 Å². The molecule has 3 rings (SSSR count). The maximum absolute atomic E-state index is 14.6. The van der Waals surface area contributed by atoms with Gasteiger partial charge in [-0.1, -0.05) is 12.1 Å². The molecule has 126 valence electrons. The Bertz CT molecular complexity index is 813.